The second-order valence-corrected chi connectivity index (χ2v) is 8.31. The molecule has 0 aliphatic carbocycles. The first-order chi connectivity index (χ1) is 13.2. The van der Waals surface area contributed by atoms with Crippen molar-refractivity contribution in [2.75, 3.05) is 19.8 Å². The minimum absolute atomic E-state index is 0.0404. The number of hydrogen-bond acceptors (Lipinski definition) is 8. The average molecular weight is 417 g/mol. The first-order valence-corrected chi connectivity index (χ1v) is 9.73. The summed E-state index contributed by atoms with van der Waals surface area (Å²) in [7, 11) is 0. The van der Waals surface area contributed by atoms with E-state index in [9.17, 15) is 19.2 Å². The van der Waals surface area contributed by atoms with Gasteiger partial charge in [-0.3, -0.25) is 4.79 Å². The molecule has 0 N–H and O–H groups in total. The van der Waals surface area contributed by atoms with E-state index in [1.54, 1.807) is 55.4 Å². The van der Waals surface area contributed by atoms with E-state index in [4.69, 9.17) is 18.9 Å². The van der Waals surface area contributed by atoms with Gasteiger partial charge in [0.1, 0.15) is 23.9 Å². The van der Waals surface area contributed by atoms with Gasteiger partial charge in [-0.15, -0.1) is 0 Å². The lowest BCUT2D eigenvalue weighted by atomic mass is 10.1. The maximum atomic E-state index is 12.7. The van der Waals surface area contributed by atoms with E-state index in [-0.39, 0.29) is 31.8 Å². The number of carbonyl (C=O) groups is 4. The number of hydrogen-bond donors (Lipinski definition) is 0. The van der Waals surface area contributed by atoms with Crippen molar-refractivity contribution in [3.8, 4) is 0 Å². The summed E-state index contributed by atoms with van der Waals surface area (Å²) in [6.45, 7) is 13.4. The molecular formula is C20H35NO8. The minimum Gasteiger partial charge on any atom is -0.464 e. The van der Waals surface area contributed by atoms with Gasteiger partial charge in [-0.05, 0) is 61.8 Å². The summed E-state index contributed by atoms with van der Waals surface area (Å²) < 4.78 is 20.7. The van der Waals surface area contributed by atoms with Crippen LogP contribution in [0, 0.1) is 0 Å². The van der Waals surface area contributed by atoms with E-state index in [1.807, 2.05) is 0 Å². The van der Waals surface area contributed by atoms with Crippen molar-refractivity contribution in [1.82, 2.24) is 4.90 Å². The van der Waals surface area contributed by atoms with Crippen LogP contribution >= 0.6 is 0 Å². The first-order valence-electron chi connectivity index (χ1n) is 9.73. The van der Waals surface area contributed by atoms with E-state index in [0.717, 1.165) is 0 Å². The molecule has 0 aromatic carbocycles. The van der Waals surface area contributed by atoms with Crippen LogP contribution in [0.2, 0.25) is 0 Å². The predicted molar refractivity (Wildman–Crippen MR) is 105 cm³/mol. The molecule has 0 spiro atoms. The SMILES string of the molecule is CCOCC(=O)CC[C@@H](C(=O)OCC)N(C(=O)OC(C)(C)C)C(=O)OC(C)(C)C. The minimum atomic E-state index is -1.37. The van der Waals surface area contributed by atoms with E-state index in [2.05, 4.69) is 0 Å². The summed E-state index contributed by atoms with van der Waals surface area (Å²) in [4.78, 5) is 50.6. The number of amides is 2. The van der Waals surface area contributed by atoms with Crippen LogP contribution in [-0.4, -0.2) is 65.9 Å². The van der Waals surface area contributed by atoms with Crippen molar-refractivity contribution in [3.05, 3.63) is 0 Å². The summed E-state index contributed by atoms with van der Waals surface area (Å²) >= 11 is 0. The molecule has 0 aromatic rings. The molecule has 0 fully saturated rings. The van der Waals surface area contributed by atoms with E-state index >= 15 is 0 Å². The zero-order chi connectivity index (χ0) is 22.8. The van der Waals surface area contributed by atoms with Gasteiger partial charge < -0.3 is 18.9 Å². The monoisotopic (exact) mass is 417 g/mol. The van der Waals surface area contributed by atoms with Crippen LogP contribution in [0.25, 0.3) is 0 Å². The van der Waals surface area contributed by atoms with E-state index in [1.165, 1.54) is 0 Å². The summed E-state index contributed by atoms with van der Waals surface area (Å²) in [5.74, 6) is -1.09. The largest absolute Gasteiger partial charge is 0.464 e. The van der Waals surface area contributed by atoms with Crippen LogP contribution in [0.15, 0.2) is 0 Å². The van der Waals surface area contributed by atoms with Gasteiger partial charge in [-0.25, -0.2) is 14.4 Å². The smallest absolute Gasteiger partial charge is 0.420 e. The van der Waals surface area contributed by atoms with Gasteiger partial charge in [0.2, 0.25) is 0 Å². The van der Waals surface area contributed by atoms with Crippen molar-refractivity contribution >= 4 is 23.9 Å². The Morgan fingerprint density at radius 2 is 1.31 bits per heavy atom. The number of rotatable bonds is 9. The molecule has 0 heterocycles. The molecule has 9 nitrogen and oxygen atoms in total. The molecular weight excluding hydrogens is 382 g/mol. The predicted octanol–water partition coefficient (Wildman–Crippen LogP) is 3.48. The number of carbonyl (C=O) groups excluding carboxylic acids is 4. The fraction of sp³-hybridized carbons (Fsp3) is 0.800. The third kappa shape index (κ3) is 11.4. The van der Waals surface area contributed by atoms with Gasteiger partial charge in [-0.2, -0.15) is 4.90 Å². The fourth-order valence-corrected chi connectivity index (χ4v) is 2.13. The molecule has 0 saturated carbocycles. The highest BCUT2D eigenvalue weighted by atomic mass is 16.6. The van der Waals surface area contributed by atoms with Gasteiger partial charge in [-0.1, -0.05) is 0 Å². The second kappa shape index (κ2) is 11.7. The summed E-state index contributed by atoms with van der Waals surface area (Å²) in [6.07, 6.45) is -2.33. The molecule has 29 heavy (non-hydrogen) atoms. The van der Waals surface area contributed by atoms with Gasteiger partial charge >= 0.3 is 18.2 Å². The van der Waals surface area contributed by atoms with Crippen LogP contribution in [0.3, 0.4) is 0 Å². The highest BCUT2D eigenvalue weighted by molar-refractivity contribution is 5.94. The number of nitrogens with zero attached hydrogens (tertiary/aromatic N) is 1. The second-order valence-electron chi connectivity index (χ2n) is 8.31. The number of ketones is 1. The van der Waals surface area contributed by atoms with Crippen molar-refractivity contribution in [3.63, 3.8) is 0 Å². The lowest BCUT2D eigenvalue weighted by Gasteiger charge is -2.32. The highest BCUT2D eigenvalue weighted by Gasteiger charge is 2.41. The normalized spacial score (nSPS) is 12.7. The van der Waals surface area contributed by atoms with Gasteiger partial charge in [0.05, 0.1) is 6.61 Å². The quantitative estimate of drug-likeness (QED) is 0.414. The summed E-state index contributed by atoms with van der Waals surface area (Å²) in [5.41, 5.74) is -1.83. The average Bonchev–Trinajstić information content (AvgIpc) is 2.53. The molecule has 0 rings (SSSR count). The van der Waals surface area contributed by atoms with Gasteiger partial charge in [0, 0.05) is 13.0 Å². The highest BCUT2D eigenvalue weighted by Crippen LogP contribution is 2.20. The van der Waals surface area contributed by atoms with Crippen molar-refractivity contribution in [2.24, 2.45) is 0 Å². The number of Topliss-reactive ketones (excluding diaryl/α,β-unsaturated/α-hetero) is 1. The van der Waals surface area contributed by atoms with Crippen molar-refractivity contribution in [1.29, 1.82) is 0 Å². The summed E-state index contributed by atoms with van der Waals surface area (Å²) in [6, 6.07) is -1.37. The van der Waals surface area contributed by atoms with Crippen LogP contribution in [0.4, 0.5) is 9.59 Å². The van der Waals surface area contributed by atoms with E-state index < -0.39 is 35.4 Å². The Hall–Kier alpha value is -2.16. The molecule has 0 aliphatic rings. The Morgan fingerprint density at radius 3 is 1.69 bits per heavy atom. The zero-order valence-corrected chi connectivity index (χ0v) is 18.8. The Kier molecular flexibility index (Phi) is 10.9. The molecule has 9 heteroatoms. The Bertz CT molecular complexity index is 546. The molecule has 0 saturated heterocycles. The molecule has 2 amide bonds. The molecule has 0 aliphatic heterocycles. The Labute approximate surface area is 173 Å². The summed E-state index contributed by atoms with van der Waals surface area (Å²) in [5, 5.41) is 0. The molecule has 0 aromatic heterocycles. The molecule has 0 radical (unpaired) electrons. The topological polar surface area (TPSA) is 108 Å². The number of imide groups is 1. The maximum Gasteiger partial charge on any atom is 0.420 e. The first kappa shape index (κ1) is 26.8. The number of ether oxygens (including phenoxy) is 4. The zero-order valence-electron chi connectivity index (χ0n) is 18.8. The van der Waals surface area contributed by atoms with Crippen LogP contribution in [0.1, 0.15) is 68.2 Å². The molecule has 168 valence electrons. The Morgan fingerprint density at radius 1 is 0.828 bits per heavy atom. The van der Waals surface area contributed by atoms with Crippen LogP contribution in [0.5, 0.6) is 0 Å². The van der Waals surface area contributed by atoms with Crippen LogP contribution in [-0.2, 0) is 28.5 Å². The third-order valence-electron chi connectivity index (χ3n) is 3.21. The lowest BCUT2D eigenvalue weighted by Crippen LogP contribution is -2.52. The third-order valence-corrected chi connectivity index (χ3v) is 3.21. The van der Waals surface area contributed by atoms with Crippen molar-refractivity contribution in [2.45, 2.75) is 85.5 Å². The number of esters is 1. The van der Waals surface area contributed by atoms with E-state index in [0.29, 0.717) is 11.5 Å². The van der Waals surface area contributed by atoms with Crippen LogP contribution < -0.4 is 0 Å². The Balaban J connectivity index is 5.78. The van der Waals surface area contributed by atoms with Gasteiger partial charge in [0.25, 0.3) is 0 Å². The fourth-order valence-electron chi connectivity index (χ4n) is 2.13. The van der Waals surface area contributed by atoms with Gasteiger partial charge in [0.15, 0.2) is 5.78 Å². The molecule has 0 bridgehead atoms. The molecule has 1 atom stereocenters. The standard InChI is InChI=1S/C20H35NO8/c1-9-26-13-14(22)11-12-15(16(23)27-10-2)21(17(24)28-19(3,4)5)18(25)29-20(6,7)8/h15H,9-13H2,1-8H3/t15-/m0/s1. The maximum absolute atomic E-state index is 12.7. The van der Waals surface area contributed by atoms with Crippen molar-refractivity contribution < 1.29 is 38.1 Å². The lowest BCUT2D eigenvalue weighted by molar-refractivity contribution is -0.149. The molecule has 0 unspecified atom stereocenters.